The second kappa shape index (κ2) is 5.63. The first-order chi connectivity index (χ1) is 9.20. The van der Waals surface area contributed by atoms with Crippen molar-refractivity contribution < 1.29 is 16.8 Å². The van der Waals surface area contributed by atoms with Crippen molar-refractivity contribution in [1.29, 1.82) is 0 Å². The SMILES string of the molecule is Nc1cc(S(=O)(=O)NC2CCCS(=O)(=O)C2)ccc1Br. The van der Waals surface area contributed by atoms with Gasteiger partial charge in [0.15, 0.2) is 9.84 Å². The molecule has 2 rings (SSSR count). The summed E-state index contributed by atoms with van der Waals surface area (Å²) in [5, 5.41) is 0. The fraction of sp³-hybridized carbons (Fsp3) is 0.455. The molecule has 3 N–H and O–H groups in total. The van der Waals surface area contributed by atoms with E-state index >= 15 is 0 Å². The van der Waals surface area contributed by atoms with Crippen molar-refractivity contribution >= 4 is 41.5 Å². The third kappa shape index (κ3) is 3.72. The topological polar surface area (TPSA) is 106 Å². The molecular weight excluding hydrogens is 368 g/mol. The number of hydrogen-bond donors (Lipinski definition) is 2. The van der Waals surface area contributed by atoms with E-state index < -0.39 is 25.9 Å². The van der Waals surface area contributed by atoms with Crippen LogP contribution in [0.3, 0.4) is 0 Å². The first kappa shape index (κ1) is 15.7. The third-order valence-electron chi connectivity index (χ3n) is 3.06. The summed E-state index contributed by atoms with van der Waals surface area (Å²) in [5.74, 6) is -0.0330. The molecule has 0 aliphatic carbocycles. The summed E-state index contributed by atoms with van der Waals surface area (Å²) in [5.41, 5.74) is 5.97. The second-order valence-corrected chi connectivity index (χ2v) is 9.56. The second-order valence-electron chi connectivity index (χ2n) is 4.76. The number of sulfonamides is 1. The molecular formula is C11H15BrN2O4S2. The van der Waals surface area contributed by atoms with Crippen LogP contribution in [0.4, 0.5) is 5.69 Å². The van der Waals surface area contributed by atoms with Crippen LogP contribution in [0.2, 0.25) is 0 Å². The maximum atomic E-state index is 12.2. The fourth-order valence-corrected chi connectivity index (χ4v) is 5.39. The molecule has 112 valence electrons. The van der Waals surface area contributed by atoms with Gasteiger partial charge in [0.1, 0.15) is 0 Å². The number of sulfone groups is 1. The molecule has 0 saturated carbocycles. The number of anilines is 1. The lowest BCUT2D eigenvalue weighted by Gasteiger charge is -2.22. The fourth-order valence-electron chi connectivity index (χ4n) is 2.09. The van der Waals surface area contributed by atoms with Gasteiger partial charge < -0.3 is 5.73 Å². The molecule has 0 radical (unpaired) electrons. The molecule has 0 amide bonds. The van der Waals surface area contributed by atoms with E-state index in [1.807, 2.05) is 0 Å². The highest BCUT2D eigenvalue weighted by Crippen LogP contribution is 2.23. The molecule has 1 heterocycles. The molecule has 0 bridgehead atoms. The van der Waals surface area contributed by atoms with Crippen molar-refractivity contribution in [3.05, 3.63) is 22.7 Å². The minimum atomic E-state index is -3.76. The number of halogens is 1. The Morgan fingerprint density at radius 2 is 2.05 bits per heavy atom. The van der Waals surface area contributed by atoms with Crippen molar-refractivity contribution in [3.8, 4) is 0 Å². The van der Waals surface area contributed by atoms with E-state index in [0.717, 1.165) is 0 Å². The molecule has 1 fully saturated rings. The van der Waals surface area contributed by atoms with Gasteiger partial charge in [0.2, 0.25) is 10.0 Å². The smallest absolute Gasteiger partial charge is 0.240 e. The van der Waals surface area contributed by atoms with E-state index in [-0.39, 0.29) is 16.4 Å². The van der Waals surface area contributed by atoms with E-state index in [4.69, 9.17) is 5.73 Å². The van der Waals surface area contributed by atoms with E-state index in [1.165, 1.54) is 12.1 Å². The Labute approximate surface area is 126 Å². The monoisotopic (exact) mass is 382 g/mol. The van der Waals surface area contributed by atoms with E-state index in [1.54, 1.807) is 6.07 Å². The molecule has 1 aromatic rings. The molecule has 1 saturated heterocycles. The molecule has 1 atom stereocenters. The average molecular weight is 383 g/mol. The zero-order valence-electron chi connectivity index (χ0n) is 10.5. The number of benzene rings is 1. The Morgan fingerprint density at radius 3 is 2.65 bits per heavy atom. The van der Waals surface area contributed by atoms with Gasteiger partial charge >= 0.3 is 0 Å². The number of nitrogens with two attached hydrogens (primary N) is 1. The quantitative estimate of drug-likeness (QED) is 0.754. The maximum absolute atomic E-state index is 12.2. The molecule has 1 aromatic carbocycles. The highest BCUT2D eigenvalue weighted by atomic mass is 79.9. The highest BCUT2D eigenvalue weighted by molar-refractivity contribution is 9.10. The van der Waals surface area contributed by atoms with Gasteiger partial charge in [-0.3, -0.25) is 0 Å². The predicted octanol–water partition coefficient (Wildman–Crippen LogP) is 0.887. The van der Waals surface area contributed by atoms with Crippen LogP contribution < -0.4 is 10.5 Å². The predicted molar refractivity (Wildman–Crippen MR) is 80.6 cm³/mol. The number of nitrogens with one attached hydrogen (secondary N) is 1. The van der Waals surface area contributed by atoms with Crippen LogP contribution in [-0.2, 0) is 19.9 Å². The standard InChI is InChI=1S/C11H15BrN2O4S2/c12-10-4-3-9(6-11(10)13)20(17,18)14-8-2-1-5-19(15,16)7-8/h3-4,6,8,14H,1-2,5,7,13H2. The highest BCUT2D eigenvalue weighted by Gasteiger charge is 2.28. The van der Waals surface area contributed by atoms with Crippen molar-refractivity contribution in [2.24, 2.45) is 0 Å². The third-order valence-corrected chi connectivity index (χ3v) is 7.12. The van der Waals surface area contributed by atoms with E-state index in [0.29, 0.717) is 23.0 Å². The lowest BCUT2D eigenvalue weighted by atomic mass is 10.2. The Morgan fingerprint density at radius 1 is 1.35 bits per heavy atom. The van der Waals surface area contributed by atoms with Gasteiger partial charge in [0.05, 0.1) is 16.4 Å². The van der Waals surface area contributed by atoms with Gasteiger partial charge in [0, 0.05) is 16.2 Å². The van der Waals surface area contributed by atoms with Crippen LogP contribution in [0.5, 0.6) is 0 Å². The summed E-state index contributed by atoms with van der Waals surface area (Å²) in [7, 11) is -6.93. The van der Waals surface area contributed by atoms with Crippen molar-refractivity contribution in [1.82, 2.24) is 4.72 Å². The van der Waals surface area contributed by atoms with Crippen molar-refractivity contribution in [3.63, 3.8) is 0 Å². The summed E-state index contributed by atoms with van der Waals surface area (Å²) >= 11 is 3.19. The maximum Gasteiger partial charge on any atom is 0.240 e. The molecule has 9 heteroatoms. The summed E-state index contributed by atoms with van der Waals surface area (Å²) in [4.78, 5) is 0.0289. The van der Waals surface area contributed by atoms with Gasteiger partial charge in [-0.1, -0.05) is 0 Å². The first-order valence-electron chi connectivity index (χ1n) is 5.97. The van der Waals surface area contributed by atoms with Crippen LogP contribution in [0.15, 0.2) is 27.6 Å². The largest absolute Gasteiger partial charge is 0.398 e. The minimum Gasteiger partial charge on any atom is -0.398 e. The zero-order chi connectivity index (χ0) is 15.0. The Balaban J connectivity index is 2.21. The summed E-state index contributed by atoms with van der Waals surface area (Å²) in [6.45, 7) is 0. The molecule has 1 unspecified atom stereocenters. The number of nitrogen functional groups attached to an aromatic ring is 1. The summed E-state index contributed by atoms with van der Waals surface area (Å²) in [6.07, 6.45) is 0.989. The number of hydrogen-bond acceptors (Lipinski definition) is 5. The van der Waals surface area contributed by atoms with Crippen molar-refractivity contribution in [2.45, 2.75) is 23.8 Å². The van der Waals surface area contributed by atoms with Crippen LogP contribution in [0.1, 0.15) is 12.8 Å². The zero-order valence-corrected chi connectivity index (χ0v) is 13.8. The minimum absolute atomic E-state index is 0.0289. The molecule has 20 heavy (non-hydrogen) atoms. The Bertz CT molecular complexity index is 716. The Kier molecular flexibility index (Phi) is 4.43. The van der Waals surface area contributed by atoms with Gasteiger partial charge in [-0.05, 0) is 47.0 Å². The molecule has 0 spiro atoms. The molecule has 1 aliphatic rings. The normalized spacial score (nSPS) is 22.6. The molecule has 0 aromatic heterocycles. The molecule has 1 aliphatic heterocycles. The van der Waals surface area contributed by atoms with Crippen molar-refractivity contribution in [2.75, 3.05) is 17.2 Å². The molecule has 6 nitrogen and oxygen atoms in total. The van der Waals surface area contributed by atoms with Crippen LogP contribution in [0, 0.1) is 0 Å². The average Bonchev–Trinajstić information content (AvgIpc) is 2.30. The Hall–Kier alpha value is -0.640. The van der Waals surface area contributed by atoms with E-state index in [9.17, 15) is 16.8 Å². The van der Waals surface area contributed by atoms with Crippen LogP contribution >= 0.6 is 15.9 Å². The van der Waals surface area contributed by atoms with Gasteiger partial charge in [-0.2, -0.15) is 0 Å². The lowest BCUT2D eigenvalue weighted by Crippen LogP contribution is -2.43. The van der Waals surface area contributed by atoms with Crippen LogP contribution in [0.25, 0.3) is 0 Å². The summed E-state index contributed by atoms with van der Waals surface area (Å²) < 4.78 is 50.5. The first-order valence-corrected chi connectivity index (χ1v) is 10.1. The number of rotatable bonds is 3. The van der Waals surface area contributed by atoms with Gasteiger partial charge in [-0.15, -0.1) is 0 Å². The van der Waals surface area contributed by atoms with Crippen LogP contribution in [-0.4, -0.2) is 34.4 Å². The van der Waals surface area contributed by atoms with Gasteiger partial charge in [-0.25, -0.2) is 21.6 Å². The summed E-state index contributed by atoms with van der Waals surface area (Å²) in [6, 6.07) is 3.72. The lowest BCUT2D eigenvalue weighted by molar-refractivity contribution is 0.517. The van der Waals surface area contributed by atoms with Gasteiger partial charge in [0.25, 0.3) is 0 Å². The van der Waals surface area contributed by atoms with E-state index in [2.05, 4.69) is 20.7 Å².